The van der Waals surface area contributed by atoms with E-state index in [2.05, 4.69) is 17.0 Å². The van der Waals surface area contributed by atoms with Crippen molar-refractivity contribution in [3.05, 3.63) is 29.3 Å². The first-order chi connectivity index (χ1) is 10.1. The monoisotopic (exact) mass is 293 g/mol. The first-order valence-corrected chi connectivity index (χ1v) is 7.21. The minimum absolute atomic E-state index is 0.249. The lowest BCUT2D eigenvalue weighted by atomic mass is 10.1. The van der Waals surface area contributed by atoms with E-state index in [0.29, 0.717) is 26.4 Å². The second-order valence-corrected chi connectivity index (χ2v) is 5.27. The number of ether oxygens (including phenoxy) is 3. The normalized spacial score (nSPS) is 19.3. The molecule has 1 unspecified atom stereocenters. The maximum absolute atomic E-state index is 11.7. The van der Waals surface area contributed by atoms with Gasteiger partial charge in [0.1, 0.15) is 18.4 Å². The zero-order valence-corrected chi connectivity index (χ0v) is 12.9. The number of carbonyl (C=O) groups is 1. The average molecular weight is 293 g/mol. The van der Waals surface area contributed by atoms with Crippen LogP contribution >= 0.6 is 0 Å². The Bertz CT molecular complexity index is 489. The molecule has 1 heterocycles. The number of carbonyl (C=O) groups excluding carboxylic acids is 1. The van der Waals surface area contributed by atoms with Crippen LogP contribution in [-0.4, -0.2) is 56.9 Å². The van der Waals surface area contributed by atoms with Gasteiger partial charge in [-0.3, -0.25) is 9.69 Å². The predicted molar refractivity (Wildman–Crippen MR) is 79.6 cm³/mol. The van der Waals surface area contributed by atoms with Gasteiger partial charge in [-0.05, 0) is 31.0 Å². The molecule has 116 valence electrons. The summed E-state index contributed by atoms with van der Waals surface area (Å²) < 4.78 is 16.0. The van der Waals surface area contributed by atoms with Crippen LogP contribution in [-0.2, 0) is 14.3 Å². The number of benzene rings is 1. The fourth-order valence-corrected chi connectivity index (χ4v) is 2.39. The van der Waals surface area contributed by atoms with E-state index < -0.39 is 0 Å². The molecule has 1 aliphatic heterocycles. The highest BCUT2D eigenvalue weighted by atomic mass is 16.5. The summed E-state index contributed by atoms with van der Waals surface area (Å²) in [4.78, 5) is 13.8. The van der Waals surface area contributed by atoms with Crippen molar-refractivity contribution < 1.29 is 19.0 Å². The summed E-state index contributed by atoms with van der Waals surface area (Å²) >= 11 is 0. The Balaban J connectivity index is 1.89. The summed E-state index contributed by atoms with van der Waals surface area (Å²) in [5.41, 5.74) is 2.29. The molecule has 1 aromatic rings. The number of morpholine rings is 1. The number of hydrogen-bond donors (Lipinski definition) is 0. The fraction of sp³-hybridized carbons (Fsp3) is 0.562. The summed E-state index contributed by atoms with van der Waals surface area (Å²) in [6.45, 7) is 7.03. The van der Waals surface area contributed by atoms with Gasteiger partial charge in [0, 0.05) is 13.1 Å². The molecule has 1 fully saturated rings. The van der Waals surface area contributed by atoms with Crippen LogP contribution in [0.5, 0.6) is 5.75 Å². The third-order valence-corrected chi connectivity index (χ3v) is 3.69. The molecular weight excluding hydrogens is 270 g/mol. The second-order valence-electron chi connectivity index (χ2n) is 5.27. The van der Waals surface area contributed by atoms with E-state index in [-0.39, 0.29) is 12.0 Å². The topological polar surface area (TPSA) is 48.0 Å². The molecule has 21 heavy (non-hydrogen) atoms. The number of rotatable bonds is 5. The summed E-state index contributed by atoms with van der Waals surface area (Å²) in [6.07, 6.45) is 0. The van der Waals surface area contributed by atoms with Gasteiger partial charge in [0.05, 0.1) is 20.3 Å². The number of aryl methyl sites for hydroxylation is 2. The number of esters is 1. The SMILES string of the molecule is COC(=O)C1COCCN1CCOc1cc(C)ccc1C. The van der Waals surface area contributed by atoms with E-state index in [1.54, 1.807) is 0 Å². The van der Waals surface area contributed by atoms with Crippen molar-refractivity contribution in [1.29, 1.82) is 0 Å². The molecule has 0 N–H and O–H groups in total. The molecule has 1 saturated heterocycles. The Morgan fingerprint density at radius 1 is 1.43 bits per heavy atom. The van der Waals surface area contributed by atoms with Crippen molar-refractivity contribution in [3.8, 4) is 5.75 Å². The van der Waals surface area contributed by atoms with Crippen LogP contribution in [0.3, 0.4) is 0 Å². The minimum Gasteiger partial charge on any atom is -0.492 e. The van der Waals surface area contributed by atoms with Crippen LogP contribution < -0.4 is 4.74 Å². The van der Waals surface area contributed by atoms with Gasteiger partial charge in [-0.1, -0.05) is 12.1 Å². The highest BCUT2D eigenvalue weighted by molar-refractivity contribution is 5.75. The van der Waals surface area contributed by atoms with Gasteiger partial charge in [0.2, 0.25) is 0 Å². The number of methoxy groups -OCH3 is 1. The van der Waals surface area contributed by atoms with Crippen LogP contribution in [0.25, 0.3) is 0 Å². The molecule has 5 heteroatoms. The molecule has 0 amide bonds. The van der Waals surface area contributed by atoms with E-state index >= 15 is 0 Å². The first-order valence-electron chi connectivity index (χ1n) is 7.21. The zero-order valence-electron chi connectivity index (χ0n) is 12.9. The Kier molecular flexibility index (Phi) is 5.59. The predicted octanol–water partition coefficient (Wildman–Crippen LogP) is 1.56. The number of nitrogens with zero attached hydrogens (tertiary/aromatic N) is 1. The Morgan fingerprint density at radius 2 is 2.24 bits per heavy atom. The van der Waals surface area contributed by atoms with Gasteiger partial charge in [-0.15, -0.1) is 0 Å². The van der Waals surface area contributed by atoms with E-state index in [1.807, 2.05) is 19.9 Å². The third-order valence-electron chi connectivity index (χ3n) is 3.69. The lowest BCUT2D eigenvalue weighted by Crippen LogP contribution is -2.51. The zero-order chi connectivity index (χ0) is 15.2. The van der Waals surface area contributed by atoms with Gasteiger partial charge in [0.25, 0.3) is 0 Å². The summed E-state index contributed by atoms with van der Waals surface area (Å²) in [5.74, 6) is 0.652. The number of hydrogen-bond acceptors (Lipinski definition) is 5. The molecule has 0 spiro atoms. The summed E-state index contributed by atoms with van der Waals surface area (Å²) in [6, 6.07) is 5.83. The first kappa shape index (κ1) is 15.8. The highest BCUT2D eigenvalue weighted by Crippen LogP contribution is 2.19. The quantitative estimate of drug-likeness (QED) is 0.771. The molecule has 0 aliphatic carbocycles. The van der Waals surface area contributed by atoms with Crippen LogP contribution in [0.15, 0.2) is 18.2 Å². The Morgan fingerprint density at radius 3 is 3.00 bits per heavy atom. The van der Waals surface area contributed by atoms with Gasteiger partial charge >= 0.3 is 5.97 Å². The molecule has 2 rings (SSSR count). The maximum atomic E-state index is 11.7. The van der Waals surface area contributed by atoms with Gasteiger partial charge in [-0.2, -0.15) is 0 Å². The van der Waals surface area contributed by atoms with Crippen LogP contribution in [0.1, 0.15) is 11.1 Å². The molecular formula is C16H23NO4. The van der Waals surface area contributed by atoms with Crippen LogP contribution in [0, 0.1) is 13.8 Å². The largest absolute Gasteiger partial charge is 0.492 e. The molecule has 1 aromatic carbocycles. The van der Waals surface area contributed by atoms with E-state index in [9.17, 15) is 4.79 Å². The molecule has 0 saturated carbocycles. The summed E-state index contributed by atoms with van der Waals surface area (Å²) in [7, 11) is 1.40. The average Bonchev–Trinajstić information content (AvgIpc) is 2.50. The lowest BCUT2D eigenvalue weighted by molar-refractivity contribution is -0.153. The molecule has 5 nitrogen and oxygen atoms in total. The van der Waals surface area contributed by atoms with Crippen molar-refractivity contribution in [1.82, 2.24) is 4.90 Å². The molecule has 0 bridgehead atoms. The molecule has 1 aliphatic rings. The summed E-state index contributed by atoms with van der Waals surface area (Å²) in [5, 5.41) is 0. The molecule has 0 radical (unpaired) electrons. The van der Waals surface area contributed by atoms with Crippen LogP contribution in [0.2, 0.25) is 0 Å². The Labute approximate surface area is 125 Å². The van der Waals surface area contributed by atoms with Crippen molar-refractivity contribution >= 4 is 5.97 Å². The Hall–Kier alpha value is -1.59. The second kappa shape index (κ2) is 7.43. The van der Waals surface area contributed by atoms with Gasteiger partial charge < -0.3 is 14.2 Å². The van der Waals surface area contributed by atoms with E-state index in [0.717, 1.165) is 17.9 Å². The van der Waals surface area contributed by atoms with Crippen molar-refractivity contribution in [2.75, 3.05) is 40.0 Å². The van der Waals surface area contributed by atoms with E-state index in [1.165, 1.54) is 12.7 Å². The maximum Gasteiger partial charge on any atom is 0.325 e. The minimum atomic E-state index is -0.328. The van der Waals surface area contributed by atoms with Gasteiger partial charge in [0.15, 0.2) is 0 Å². The fourth-order valence-electron chi connectivity index (χ4n) is 2.39. The van der Waals surface area contributed by atoms with Crippen molar-refractivity contribution in [2.24, 2.45) is 0 Å². The smallest absolute Gasteiger partial charge is 0.325 e. The van der Waals surface area contributed by atoms with Gasteiger partial charge in [-0.25, -0.2) is 0 Å². The van der Waals surface area contributed by atoms with E-state index in [4.69, 9.17) is 14.2 Å². The van der Waals surface area contributed by atoms with Crippen molar-refractivity contribution in [3.63, 3.8) is 0 Å². The molecule has 1 atom stereocenters. The highest BCUT2D eigenvalue weighted by Gasteiger charge is 2.29. The van der Waals surface area contributed by atoms with Crippen molar-refractivity contribution in [2.45, 2.75) is 19.9 Å². The third kappa shape index (κ3) is 4.19. The van der Waals surface area contributed by atoms with Crippen LogP contribution in [0.4, 0.5) is 0 Å². The molecule has 0 aromatic heterocycles. The lowest BCUT2D eigenvalue weighted by Gasteiger charge is -2.33. The standard InChI is InChI=1S/C16H23NO4/c1-12-4-5-13(2)15(10-12)21-9-7-17-6-8-20-11-14(17)16(18)19-3/h4-5,10,14H,6-9,11H2,1-3H3.